The number of aliphatic hydroxyl groups excluding tert-OH is 1. The fourth-order valence-corrected chi connectivity index (χ4v) is 6.10. The van der Waals surface area contributed by atoms with E-state index in [1.165, 1.54) is 13.3 Å². The third kappa shape index (κ3) is 5.73. The van der Waals surface area contributed by atoms with E-state index in [0.717, 1.165) is 5.57 Å². The number of fused-ring (bicyclic) bond motifs is 1. The number of carbonyl (C=O) groups excluding carboxylic acids is 1. The van der Waals surface area contributed by atoms with Crippen LogP contribution < -0.4 is 15.3 Å². The Morgan fingerprint density at radius 1 is 1.21 bits per heavy atom. The average Bonchev–Trinajstić information content (AvgIpc) is 3.27. The molecule has 1 aliphatic rings. The Labute approximate surface area is 220 Å². The van der Waals surface area contributed by atoms with E-state index in [4.69, 9.17) is 19.5 Å². The summed E-state index contributed by atoms with van der Waals surface area (Å²) in [7, 11) is -4.07. The van der Waals surface area contributed by atoms with Crippen LogP contribution in [0, 0.1) is 11.8 Å². The third-order valence-corrected chi connectivity index (χ3v) is 8.02. The highest BCUT2D eigenvalue weighted by Gasteiger charge is 2.50. The summed E-state index contributed by atoms with van der Waals surface area (Å²) in [5.41, 5.74) is 7.63. The van der Waals surface area contributed by atoms with Crippen LogP contribution >= 0.6 is 7.75 Å². The summed E-state index contributed by atoms with van der Waals surface area (Å²) >= 11 is 0. The molecule has 3 unspecified atom stereocenters. The molecule has 3 aromatic rings. The van der Waals surface area contributed by atoms with Gasteiger partial charge < -0.3 is 24.7 Å². The van der Waals surface area contributed by atoms with Gasteiger partial charge in [0.25, 0.3) is 0 Å². The lowest BCUT2D eigenvalue weighted by molar-refractivity contribution is -0.149. The zero-order valence-corrected chi connectivity index (χ0v) is 22.6. The number of aliphatic hydroxyl groups is 1. The predicted molar refractivity (Wildman–Crippen MR) is 141 cm³/mol. The molecule has 0 spiro atoms. The molecule has 4 rings (SSSR count). The molecule has 38 heavy (non-hydrogen) atoms. The number of ether oxygens (including phenoxy) is 1. The van der Waals surface area contributed by atoms with Crippen molar-refractivity contribution in [1.82, 2.24) is 24.6 Å². The van der Waals surface area contributed by atoms with Crippen LogP contribution in [0.2, 0.25) is 0 Å². The molecule has 1 aliphatic carbocycles. The summed E-state index contributed by atoms with van der Waals surface area (Å²) in [6.07, 6.45) is 1.83. The number of nitrogen functional groups attached to an aromatic ring is 1. The number of imidazole rings is 1. The molecule has 0 saturated heterocycles. The molecule has 1 saturated carbocycles. The standard InChI is InChI=1S/C25H33N6O6P/c1-14(2)36-25(33)16(4)30-38(34,37-18-9-7-6-8-10-18)35-11-19-15(3)22(20(19)17(5)32)31-13-29-21-23(26)27-12-28-24(21)31/h6-10,12-14,16-17,19-20,22,32H,3,11H2,1-2,4-5H3,(H,30,34)(H2,26,27,28)/t16?,17?,19-,20+,22+,38?/m0/s1. The largest absolute Gasteiger partial charge is 0.462 e. The SMILES string of the molecule is C=C1[C@@H](n2cnc3c(N)ncnc32)[C@H](C(C)O)[C@H]1COP(=O)(NC(C)C(=O)OC(C)C)Oc1ccccc1. The number of aromatic nitrogens is 4. The number of hydrogen-bond acceptors (Lipinski definition) is 10. The fraction of sp³-hybridized carbons (Fsp3) is 0.440. The molecule has 1 fully saturated rings. The van der Waals surface area contributed by atoms with E-state index in [1.54, 1.807) is 62.0 Å². The molecule has 2 aromatic heterocycles. The number of para-hydroxylation sites is 1. The van der Waals surface area contributed by atoms with Gasteiger partial charge in [-0.15, -0.1) is 0 Å². The molecule has 0 aliphatic heterocycles. The Balaban J connectivity index is 1.54. The molecular weight excluding hydrogens is 511 g/mol. The normalized spacial score (nSPS) is 22.5. The number of benzene rings is 1. The van der Waals surface area contributed by atoms with Gasteiger partial charge in [0.15, 0.2) is 11.5 Å². The van der Waals surface area contributed by atoms with Crippen LogP contribution in [0.1, 0.15) is 33.7 Å². The fourth-order valence-electron chi connectivity index (χ4n) is 4.58. The van der Waals surface area contributed by atoms with Crippen molar-refractivity contribution >= 4 is 30.7 Å². The lowest BCUT2D eigenvalue weighted by atomic mass is 9.63. The third-order valence-electron chi connectivity index (χ3n) is 6.38. The molecule has 6 atom stereocenters. The van der Waals surface area contributed by atoms with Crippen LogP contribution in [0.25, 0.3) is 11.2 Å². The Morgan fingerprint density at radius 2 is 1.92 bits per heavy atom. The highest BCUT2D eigenvalue weighted by Crippen LogP contribution is 2.53. The average molecular weight is 545 g/mol. The maximum atomic E-state index is 13.8. The number of anilines is 1. The van der Waals surface area contributed by atoms with E-state index < -0.39 is 25.9 Å². The summed E-state index contributed by atoms with van der Waals surface area (Å²) in [5.74, 6) is -0.771. The van der Waals surface area contributed by atoms with E-state index in [-0.39, 0.29) is 36.4 Å². The van der Waals surface area contributed by atoms with E-state index in [0.29, 0.717) is 16.9 Å². The monoisotopic (exact) mass is 544 g/mol. The zero-order chi connectivity index (χ0) is 27.6. The van der Waals surface area contributed by atoms with Gasteiger partial charge in [-0.3, -0.25) is 9.32 Å². The molecule has 2 heterocycles. The first-order chi connectivity index (χ1) is 18.0. The van der Waals surface area contributed by atoms with Crippen LogP contribution in [0.4, 0.5) is 5.82 Å². The molecule has 12 nitrogen and oxygen atoms in total. The van der Waals surface area contributed by atoms with Crippen molar-refractivity contribution in [1.29, 1.82) is 0 Å². The Kier molecular flexibility index (Phi) is 8.17. The minimum atomic E-state index is -4.07. The molecule has 0 radical (unpaired) electrons. The zero-order valence-electron chi connectivity index (χ0n) is 21.7. The van der Waals surface area contributed by atoms with Gasteiger partial charge in [0.05, 0.1) is 31.2 Å². The minimum absolute atomic E-state index is 0.0856. The van der Waals surface area contributed by atoms with Crippen LogP contribution in [-0.4, -0.2) is 55.5 Å². The van der Waals surface area contributed by atoms with Crippen molar-refractivity contribution in [2.24, 2.45) is 11.8 Å². The Bertz CT molecular complexity index is 1350. The molecule has 0 amide bonds. The maximum absolute atomic E-state index is 13.8. The van der Waals surface area contributed by atoms with Crippen molar-refractivity contribution in [3.05, 3.63) is 55.1 Å². The van der Waals surface area contributed by atoms with E-state index in [2.05, 4.69) is 26.6 Å². The number of carbonyl (C=O) groups is 1. The first kappa shape index (κ1) is 27.7. The van der Waals surface area contributed by atoms with Gasteiger partial charge >= 0.3 is 13.7 Å². The van der Waals surface area contributed by atoms with Crippen molar-refractivity contribution in [3.63, 3.8) is 0 Å². The van der Waals surface area contributed by atoms with Gasteiger partial charge in [-0.05, 0) is 45.4 Å². The first-order valence-corrected chi connectivity index (χ1v) is 13.8. The topological polar surface area (TPSA) is 164 Å². The van der Waals surface area contributed by atoms with Crippen molar-refractivity contribution < 1.29 is 28.3 Å². The van der Waals surface area contributed by atoms with E-state index >= 15 is 0 Å². The Hall–Kier alpha value is -3.31. The minimum Gasteiger partial charge on any atom is -0.462 e. The number of nitrogens with zero attached hydrogens (tertiary/aromatic N) is 4. The van der Waals surface area contributed by atoms with E-state index in [1.807, 2.05) is 0 Å². The summed E-state index contributed by atoms with van der Waals surface area (Å²) in [4.78, 5) is 25.0. The van der Waals surface area contributed by atoms with Crippen molar-refractivity contribution in [2.75, 3.05) is 12.3 Å². The van der Waals surface area contributed by atoms with Crippen LogP contribution in [0.3, 0.4) is 0 Å². The number of rotatable bonds is 11. The van der Waals surface area contributed by atoms with Gasteiger partial charge in [-0.1, -0.05) is 24.8 Å². The summed E-state index contributed by atoms with van der Waals surface area (Å²) in [6.45, 7) is 10.8. The number of nitrogens with two attached hydrogens (primary N) is 1. The van der Waals surface area contributed by atoms with Crippen LogP contribution in [0.5, 0.6) is 5.75 Å². The quantitative estimate of drug-likeness (QED) is 0.184. The Morgan fingerprint density at radius 3 is 2.58 bits per heavy atom. The summed E-state index contributed by atoms with van der Waals surface area (Å²) in [6, 6.07) is 7.18. The lowest BCUT2D eigenvalue weighted by Gasteiger charge is -2.49. The van der Waals surface area contributed by atoms with Gasteiger partial charge in [0, 0.05) is 11.8 Å². The van der Waals surface area contributed by atoms with Crippen molar-refractivity contribution in [3.8, 4) is 5.75 Å². The van der Waals surface area contributed by atoms with Crippen LogP contribution in [0.15, 0.2) is 55.1 Å². The summed E-state index contributed by atoms with van der Waals surface area (Å²) in [5, 5.41) is 13.3. The second-order valence-electron chi connectivity index (χ2n) is 9.56. The highest BCUT2D eigenvalue weighted by molar-refractivity contribution is 7.52. The smallest absolute Gasteiger partial charge is 0.459 e. The van der Waals surface area contributed by atoms with E-state index in [9.17, 15) is 14.5 Å². The summed E-state index contributed by atoms with van der Waals surface area (Å²) < 4.78 is 32.4. The second-order valence-corrected chi connectivity index (χ2v) is 11.3. The molecule has 0 bridgehead atoms. The molecule has 204 valence electrons. The van der Waals surface area contributed by atoms with Crippen LogP contribution in [-0.2, 0) is 18.6 Å². The van der Waals surface area contributed by atoms with Gasteiger partial charge in [-0.2, -0.15) is 5.09 Å². The first-order valence-electron chi connectivity index (χ1n) is 12.3. The van der Waals surface area contributed by atoms with Gasteiger partial charge in [0.1, 0.15) is 23.6 Å². The van der Waals surface area contributed by atoms with Gasteiger partial charge in [0.2, 0.25) is 0 Å². The molecule has 13 heteroatoms. The van der Waals surface area contributed by atoms with Crippen molar-refractivity contribution in [2.45, 2.75) is 52.0 Å². The number of nitrogens with one attached hydrogen (secondary N) is 1. The number of esters is 1. The molecular formula is C25H33N6O6P. The lowest BCUT2D eigenvalue weighted by Crippen LogP contribution is -2.48. The van der Waals surface area contributed by atoms with Gasteiger partial charge in [-0.25, -0.2) is 19.5 Å². The highest BCUT2D eigenvalue weighted by atomic mass is 31.2. The maximum Gasteiger partial charge on any atom is 0.459 e. The predicted octanol–water partition coefficient (Wildman–Crippen LogP) is 3.27. The molecule has 1 aromatic carbocycles. The molecule has 4 N–H and O–H groups in total. The number of hydrogen-bond donors (Lipinski definition) is 3. The second kappa shape index (κ2) is 11.2.